The van der Waals surface area contributed by atoms with E-state index in [9.17, 15) is 0 Å². The van der Waals surface area contributed by atoms with E-state index in [4.69, 9.17) is 0 Å². The minimum Gasteiger partial charge on any atom is -0.310 e. The molecule has 0 aromatic heterocycles. The van der Waals surface area contributed by atoms with E-state index in [2.05, 4.69) is 216 Å². The molecule has 0 amide bonds. The highest BCUT2D eigenvalue weighted by atomic mass is 15.1. The Kier molecular flexibility index (Phi) is 6.90. The maximum atomic E-state index is 2.44. The smallest absolute Gasteiger partial charge is 0.0546 e. The molecule has 2 nitrogen and oxygen atoms in total. The Morgan fingerprint density at radius 2 is 0.667 bits per heavy atom. The van der Waals surface area contributed by atoms with Gasteiger partial charge in [-0.05, 0) is 104 Å². The van der Waals surface area contributed by atoms with Gasteiger partial charge in [0.05, 0.1) is 11.4 Å². The predicted molar refractivity (Wildman–Crippen MR) is 232 cm³/mol. The molecule has 0 unspecified atom stereocenters. The van der Waals surface area contributed by atoms with Gasteiger partial charge in [-0.2, -0.15) is 0 Å². The standard InChI is InChI=1S/C52H34N2/c1-3-17-40(18-4-1)53(42-27-23-35-13-7-9-15-38(35)33-42)48-32-30-46-44-21-11-12-22-45(44)52-49(31-26-37-25-29-47(48)51(46)50(37)52)54(41-19-5-2-6-20-41)43-28-24-36-14-8-10-16-39(36)34-43/h1-34H. The number of hydrogen-bond acceptors (Lipinski definition) is 2. The van der Waals surface area contributed by atoms with E-state index in [1.165, 1.54) is 64.6 Å². The van der Waals surface area contributed by atoms with Crippen LogP contribution in [-0.4, -0.2) is 0 Å². The van der Waals surface area contributed by atoms with E-state index in [1.807, 2.05) is 0 Å². The van der Waals surface area contributed by atoms with Crippen molar-refractivity contribution >= 4 is 98.8 Å². The maximum Gasteiger partial charge on any atom is 0.0546 e. The molecule has 0 atom stereocenters. The second-order valence-electron chi connectivity index (χ2n) is 14.1. The van der Waals surface area contributed by atoms with Crippen LogP contribution in [0.4, 0.5) is 34.1 Å². The molecule has 11 rings (SSSR count). The molecule has 0 saturated heterocycles. The molecule has 252 valence electrons. The second kappa shape index (κ2) is 12.2. The molecule has 0 aliphatic heterocycles. The van der Waals surface area contributed by atoms with Gasteiger partial charge in [0, 0.05) is 44.3 Å². The Morgan fingerprint density at radius 1 is 0.222 bits per heavy atom. The lowest BCUT2D eigenvalue weighted by atomic mass is 9.87. The van der Waals surface area contributed by atoms with Crippen molar-refractivity contribution in [3.8, 4) is 0 Å². The average molecular weight is 687 g/mol. The predicted octanol–water partition coefficient (Wildman–Crippen LogP) is 15.0. The molecule has 2 heteroatoms. The summed E-state index contributed by atoms with van der Waals surface area (Å²) in [5.41, 5.74) is 6.83. The van der Waals surface area contributed by atoms with Gasteiger partial charge in [-0.25, -0.2) is 0 Å². The van der Waals surface area contributed by atoms with Crippen molar-refractivity contribution in [3.63, 3.8) is 0 Å². The molecular formula is C52H34N2. The van der Waals surface area contributed by atoms with Gasteiger partial charge >= 0.3 is 0 Å². The monoisotopic (exact) mass is 686 g/mol. The number of benzene rings is 11. The summed E-state index contributed by atoms with van der Waals surface area (Å²) in [6.07, 6.45) is 0. The van der Waals surface area contributed by atoms with Gasteiger partial charge in [0.25, 0.3) is 0 Å². The van der Waals surface area contributed by atoms with Gasteiger partial charge < -0.3 is 9.80 Å². The Labute approximate surface area is 313 Å². The van der Waals surface area contributed by atoms with Crippen molar-refractivity contribution in [1.82, 2.24) is 0 Å². The Hall–Kier alpha value is -7.16. The summed E-state index contributed by atoms with van der Waals surface area (Å²) >= 11 is 0. The summed E-state index contributed by atoms with van der Waals surface area (Å²) in [4.78, 5) is 4.86. The molecule has 0 spiro atoms. The first kappa shape index (κ1) is 30.5. The fraction of sp³-hybridized carbons (Fsp3) is 0. The van der Waals surface area contributed by atoms with Crippen LogP contribution in [0.25, 0.3) is 64.6 Å². The lowest BCUT2D eigenvalue weighted by Crippen LogP contribution is -2.11. The van der Waals surface area contributed by atoms with E-state index in [0.29, 0.717) is 0 Å². The summed E-state index contributed by atoms with van der Waals surface area (Å²) in [6, 6.07) is 75.3. The number of para-hydroxylation sites is 2. The number of anilines is 6. The van der Waals surface area contributed by atoms with Crippen LogP contribution >= 0.6 is 0 Å². The minimum atomic E-state index is 1.12. The number of fused-ring (bicyclic) bond motifs is 5. The first-order valence-corrected chi connectivity index (χ1v) is 18.6. The summed E-state index contributed by atoms with van der Waals surface area (Å²) in [5.74, 6) is 0. The van der Waals surface area contributed by atoms with Crippen LogP contribution in [0, 0.1) is 0 Å². The van der Waals surface area contributed by atoms with Crippen LogP contribution in [0.1, 0.15) is 0 Å². The summed E-state index contributed by atoms with van der Waals surface area (Å²) < 4.78 is 0. The van der Waals surface area contributed by atoms with E-state index in [1.54, 1.807) is 0 Å². The maximum absolute atomic E-state index is 2.44. The van der Waals surface area contributed by atoms with E-state index in [-0.39, 0.29) is 0 Å². The SMILES string of the molecule is c1ccc(N(c2ccc3ccccc3c2)c2ccc3c4ccccc4c4c(N(c5ccccc5)c5ccc6ccccc6c5)ccc5ccc2c3c54)cc1. The van der Waals surface area contributed by atoms with Crippen molar-refractivity contribution in [2.24, 2.45) is 0 Å². The summed E-state index contributed by atoms with van der Waals surface area (Å²) in [5, 5.41) is 15.0. The Balaban J connectivity index is 1.24. The molecule has 11 aromatic carbocycles. The van der Waals surface area contributed by atoms with Crippen LogP contribution < -0.4 is 9.80 Å². The zero-order valence-corrected chi connectivity index (χ0v) is 29.5. The Bertz CT molecular complexity index is 3170. The molecular weight excluding hydrogens is 653 g/mol. The van der Waals surface area contributed by atoms with Gasteiger partial charge in [-0.3, -0.25) is 0 Å². The lowest BCUT2D eigenvalue weighted by Gasteiger charge is -2.30. The zero-order chi connectivity index (χ0) is 35.6. The van der Waals surface area contributed by atoms with Crippen LogP contribution in [0.2, 0.25) is 0 Å². The first-order valence-electron chi connectivity index (χ1n) is 18.6. The van der Waals surface area contributed by atoms with Gasteiger partial charge in [0.2, 0.25) is 0 Å². The van der Waals surface area contributed by atoms with Gasteiger partial charge in [-0.1, -0.05) is 146 Å². The van der Waals surface area contributed by atoms with Crippen molar-refractivity contribution in [1.29, 1.82) is 0 Å². The third-order valence-corrected chi connectivity index (χ3v) is 11.1. The molecule has 0 saturated carbocycles. The highest BCUT2D eigenvalue weighted by molar-refractivity contribution is 6.37. The molecule has 0 fully saturated rings. The van der Waals surface area contributed by atoms with Crippen molar-refractivity contribution in [2.45, 2.75) is 0 Å². The largest absolute Gasteiger partial charge is 0.310 e. The normalized spacial score (nSPS) is 11.7. The molecule has 0 aliphatic carbocycles. The minimum absolute atomic E-state index is 1.12. The van der Waals surface area contributed by atoms with Crippen LogP contribution in [0.5, 0.6) is 0 Å². The van der Waals surface area contributed by atoms with Gasteiger partial charge in [-0.15, -0.1) is 0 Å². The first-order chi connectivity index (χ1) is 26.8. The lowest BCUT2D eigenvalue weighted by molar-refractivity contribution is 1.30. The summed E-state index contributed by atoms with van der Waals surface area (Å²) in [7, 11) is 0. The molecule has 0 radical (unpaired) electrons. The average Bonchev–Trinajstić information content (AvgIpc) is 3.24. The molecule has 0 aliphatic rings. The second-order valence-corrected chi connectivity index (χ2v) is 14.1. The number of nitrogens with zero attached hydrogens (tertiary/aromatic N) is 2. The molecule has 54 heavy (non-hydrogen) atoms. The highest BCUT2D eigenvalue weighted by Crippen LogP contribution is 2.50. The van der Waals surface area contributed by atoms with Crippen LogP contribution in [0.3, 0.4) is 0 Å². The van der Waals surface area contributed by atoms with E-state index >= 15 is 0 Å². The van der Waals surface area contributed by atoms with Crippen molar-refractivity contribution in [2.75, 3.05) is 9.80 Å². The van der Waals surface area contributed by atoms with E-state index < -0.39 is 0 Å². The quantitative estimate of drug-likeness (QED) is 0.127. The fourth-order valence-corrected chi connectivity index (χ4v) is 8.69. The summed E-state index contributed by atoms with van der Waals surface area (Å²) in [6.45, 7) is 0. The van der Waals surface area contributed by atoms with Gasteiger partial charge in [0.15, 0.2) is 0 Å². The Morgan fingerprint density at radius 3 is 1.30 bits per heavy atom. The zero-order valence-electron chi connectivity index (χ0n) is 29.5. The van der Waals surface area contributed by atoms with Gasteiger partial charge in [0.1, 0.15) is 0 Å². The third kappa shape index (κ3) is 4.74. The van der Waals surface area contributed by atoms with Crippen LogP contribution in [-0.2, 0) is 0 Å². The van der Waals surface area contributed by atoms with Crippen LogP contribution in [0.15, 0.2) is 206 Å². The number of hydrogen-bond donors (Lipinski definition) is 0. The van der Waals surface area contributed by atoms with Crippen molar-refractivity contribution in [3.05, 3.63) is 206 Å². The highest BCUT2D eigenvalue weighted by Gasteiger charge is 2.24. The van der Waals surface area contributed by atoms with E-state index in [0.717, 1.165) is 34.1 Å². The fourth-order valence-electron chi connectivity index (χ4n) is 8.69. The number of rotatable bonds is 6. The molecule has 0 heterocycles. The molecule has 0 bridgehead atoms. The third-order valence-electron chi connectivity index (χ3n) is 11.1. The molecule has 0 N–H and O–H groups in total. The molecule has 11 aromatic rings. The van der Waals surface area contributed by atoms with Crippen molar-refractivity contribution < 1.29 is 0 Å². The topological polar surface area (TPSA) is 6.48 Å².